The number of carbonyl (C=O) groups excluding carboxylic acids is 4. The molecule has 2 aliphatic heterocycles. The summed E-state index contributed by atoms with van der Waals surface area (Å²) in [7, 11) is 2.71. The Balaban J connectivity index is 0.000000192. The Hall–Kier alpha value is -5.97. The van der Waals surface area contributed by atoms with E-state index in [1.54, 1.807) is 53.4 Å². The molecule has 15 nitrogen and oxygen atoms in total. The molecule has 2 unspecified atom stereocenters. The van der Waals surface area contributed by atoms with Gasteiger partial charge in [-0.2, -0.15) is 0 Å². The second-order valence-corrected chi connectivity index (χ2v) is 17.3. The first-order valence-electron chi connectivity index (χ1n) is 22.3. The number of nitrogens with zero attached hydrogens (tertiary/aromatic N) is 8. The second-order valence-electron chi connectivity index (χ2n) is 16.2. The highest BCUT2D eigenvalue weighted by Crippen LogP contribution is 2.31. The molecule has 0 bridgehead atoms. The lowest BCUT2D eigenvalue weighted by atomic mass is 10.1. The van der Waals surface area contributed by atoms with E-state index in [1.165, 1.54) is 14.2 Å². The Bertz CT molecular complexity index is 2600. The third-order valence-electron chi connectivity index (χ3n) is 11.3. The fraction of sp³-hybridized carbons (Fsp3) is 0.360. The summed E-state index contributed by atoms with van der Waals surface area (Å²) in [5, 5.41) is 23.4. The Kier molecular flexibility index (Phi) is 20.2. The molecule has 2 atom stereocenters. The molecule has 4 heterocycles. The summed E-state index contributed by atoms with van der Waals surface area (Å²) in [6.07, 6.45) is 0. The number of hydrogen-bond donors (Lipinski definition) is 1. The molecule has 2 saturated heterocycles. The minimum absolute atomic E-state index is 0.201. The van der Waals surface area contributed by atoms with Crippen molar-refractivity contribution in [2.75, 3.05) is 69.8 Å². The number of aromatic nitrogens is 4. The van der Waals surface area contributed by atoms with Gasteiger partial charge in [-0.05, 0) is 58.0 Å². The molecule has 6 aromatic rings. The number of hydrogen-bond acceptors (Lipinski definition) is 14. The topological polar surface area (TPSA) is 163 Å². The molecular formula is C50H58Cl3N9O6. The standard InChI is InChI=1S/C21H19ClN4O3.C14H15ClN4O2.C8H19N.C7H5ClO/c1-29-21(28)17-13-25(11-12-26(17)20(27)14-7-3-2-4-8-14)19-16-10-6-5-9-15(16)18(22)23-24-19;1-21-14(20)11-8-19(7-6-16-11)13-10-5-3-2-4-9(10)12(15)17-18-13;1-6-9(7(2)3)8(4)5;8-7(9)6-4-2-1-3-5-6/h2-10,17H,11-13H2,1H3;2-5,11,16H,6-8H2,1H3;7-8H,6H2,1-5H3;1-5H. The molecule has 0 radical (unpaired) electrons. The summed E-state index contributed by atoms with van der Waals surface area (Å²) in [5.74, 6) is 0.431. The number of piperazine rings is 2. The van der Waals surface area contributed by atoms with Crippen molar-refractivity contribution in [3.63, 3.8) is 0 Å². The van der Waals surface area contributed by atoms with Gasteiger partial charge in [0.25, 0.3) is 11.1 Å². The van der Waals surface area contributed by atoms with Crippen molar-refractivity contribution in [2.45, 2.75) is 58.8 Å². The maximum absolute atomic E-state index is 13.0. The van der Waals surface area contributed by atoms with Gasteiger partial charge in [0.2, 0.25) is 0 Å². The number of fused-ring (bicyclic) bond motifs is 2. The normalized spacial score (nSPS) is 15.7. The van der Waals surface area contributed by atoms with Crippen molar-refractivity contribution in [1.82, 2.24) is 35.5 Å². The molecule has 0 spiro atoms. The average molecular weight is 987 g/mol. The van der Waals surface area contributed by atoms with Crippen molar-refractivity contribution in [2.24, 2.45) is 0 Å². The van der Waals surface area contributed by atoms with Crippen molar-refractivity contribution in [1.29, 1.82) is 0 Å². The molecule has 2 fully saturated rings. The lowest BCUT2D eigenvalue weighted by Gasteiger charge is -2.40. The van der Waals surface area contributed by atoms with E-state index in [0.29, 0.717) is 65.5 Å². The third-order valence-corrected chi connectivity index (χ3v) is 12.1. The van der Waals surface area contributed by atoms with Gasteiger partial charge in [0.1, 0.15) is 12.1 Å². The smallest absolute Gasteiger partial charge is 0.330 e. The van der Waals surface area contributed by atoms with Crippen LogP contribution in [0.1, 0.15) is 55.3 Å². The summed E-state index contributed by atoms with van der Waals surface area (Å²) < 4.78 is 9.78. The van der Waals surface area contributed by atoms with E-state index < -0.39 is 17.3 Å². The fourth-order valence-corrected chi connectivity index (χ4v) is 8.55. The van der Waals surface area contributed by atoms with Crippen LogP contribution >= 0.6 is 34.8 Å². The molecule has 68 heavy (non-hydrogen) atoms. The molecule has 18 heteroatoms. The van der Waals surface area contributed by atoms with Gasteiger partial charge in [-0.25, -0.2) is 4.79 Å². The molecule has 1 N–H and O–H groups in total. The molecule has 1 amide bonds. The number of carbonyl (C=O) groups is 4. The molecular weight excluding hydrogens is 929 g/mol. The van der Waals surface area contributed by atoms with Crippen LogP contribution in [0.4, 0.5) is 11.6 Å². The zero-order valence-electron chi connectivity index (χ0n) is 39.3. The predicted octanol–water partition coefficient (Wildman–Crippen LogP) is 8.21. The van der Waals surface area contributed by atoms with Gasteiger partial charge in [0.15, 0.2) is 21.9 Å². The summed E-state index contributed by atoms with van der Waals surface area (Å²) in [6.45, 7) is 15.4. The quantitative estimate of drug-likeness (QED) is 0.109. The minimum Gasteiger partial charge on any atom is -0.468 e. The largest absolute Gasteiger partial charge is 0.468 e. The molecule has 360 valence electrons. The number of methoxy groups -OCH3 is 2. The van der Waals surface area contributed by atoms with Gasteiger partial charge in [0.05, 0.1) is 20.8 Å². The molecule has 0 saturated carbocycles. The first kappa shape index (κ1) is 53.0. The maximum Gasteiger partial charge on any atom is 0.330 e. The number of ether oxygens (including phenoxy) is 2. The van der Waals surface area contributed by atoms with Gasteiger partial charge in [-0.3, -0.25) is 19.3 Å². The predicted molar refractivity (Wildman–Crippen MR) is 270 cm³/mol. The van der Waals surface area contributed by atoms with Crippen molar-refractivity contribution >= 4 is 91.1 Å². The monoisotopic (exact) mass is 985 g/mol. The van der Waals surface area contributed by atoms with Crippen LogP contribution in [0.3, 0.4) is 0 Å². The maximum atomic E-state index is 13.0. The summed E-state index contributed by atoms with van der Waals surface area (Å²) >= 11 is 17.4. The van der Waals surface area contributed by atoms with E-state index in [1.807, 2.05) is 70.5 Å². The summed E-state index contributed by atoms with van der Waals surface area (Å²) in [5.41, 5.74) is 1.07. The second kappa shape index (κ2) is 26.0. The Labute approximate surface area is 412 Å². The molecule has 4 aromatic carbocycles. The summed E-state index contributed by atoms with van der Waals surface area (Å²) in [6, 6.07) is 33.2. The molecule has 2 aliphatic rings. The van der Waals surface area contributed by atoms with E-state index in [-0.39, 0.29) is 24.5 Å². The van der Waals surface area contributed by atoms with Crippen LogP contribution in [-0.2, 0) is 19.1 Å². The number of benzene rings is 4. The van der Waals surface area contributed by atoms with Crippen LogP contribution in [0.25, 0.3) is 21.5 Å². The van der Waals surface area contributed by atoms with Crippen LogP contribution in [0.15, 0.2) is 109 Å². The Morgan fingerprint density at radius 2 is 1.09 bits per heavy atom. The van der Waals surface area contributed by atoms with E-state index in [9.17, 15) is 19.2 Å². The van der Waals surface area contributed by atoms with Crippen LogP contribution < -0.4 is 15.1 Å². The first-order valence-corrected chi connectivity index (χ1v) is 23.4. The molecule has 0 aliphatic carbocycles. The van der Waals surface area contributed by atoms with E-state index >= 15 is 0 Å². The van der Waals surface area contributed by atoms with Gasteiger partial charge in [0, 0.05) is 77.5 Å². The number of nitrogens with one attached hydrogen (secondary N) is 1. The van der Waals surface area contributed by atoms with Crippen molar-refractivity contribution < 1.29 is 28.7 Å². The zero-order chi connectivity index (χ0) is 49.3. The number of rotatable bonds is 9. The van der Waals surface area contributed by atoms with Crippen LogP contribution in [0.2, 0.25) is 10.3 Å². The highest BCUT2D eigenvalue weighted by atomic mass is 35.5. The number of amides is 1. The van der Waals surface area contributed by atoms with Gasteiger partial charge >= 0.3 is 11.9 Å². The first-order chi connectivity index (χ1) is 32.7. The Morgan fingerprint density at radius 3 is 1.51 bits per heavy atom. The van der Waals surface area contributed by atoms with Crippen molar-refractivity contribution in [3.05, 3.63) is 131 Å². The van der Waals surface area contributed by atoms with Crippen LogP contribution in [0, 0.1) is 0 Å². The molecule has 8 rings (SSSR count). The fourth-order valence-electron chi connectivity index (χ4n) is 8.02. The molecule has 2 aromatic heterocycles. The highest BCUT2D eigenvalue weighted by molar-refractivity contribution is 6.67. The zero-order valence-corrected chi connectivity index (χ0v) is 41.6. The van der Waals surface area contributed by atoms with E-state index in [0.717, 1.165) is 40.5 Å². The highest BCUT2D eigenvalue weighted by Gasteiger charge is 2.37. The SMILES string of the molecule is CCN(C(C)C)C(C)C.COC(=O)C1CN(c2nnc(Cl)c3ccccc23)CCN1.COC(=O)C1CN(c2nnc(Cl)c3ccccc23)CCN1C(=O)c1ccccc1.O=C(Cl)c1ccccc1. The number of halogens is 3. The number of esters is 2. The summed E-state index contributed by atoms with van der Waals surface area (Å²) in [4.78, 5) is 55.6. The van der Waals surface area contributed by atoms with Gasteiger partial charge in [-0.15, -0.1) is 20.4 Å². The number of anilines is 2. The van der Waals surface area contributed by atoms with Crippen LogP contribution in [-0.4, -0.2) is 137 Å². The average Bonchev–Trinajstić information content (AvgIpc) is 3.37. The lowest BCUT2D eigenvalue weighted by Crippen LogP contribution is -2.59. The van der Waals surface area contributed by atoms with Crippen molar-refractivity contribution in [3.8, 4) is 0 Å². The lowest BCUT2D eigenvalue weighted by molar-refractivity contribution is -0.146. The van der Waals surface area contributed by atoms with Crippen LogP contribution in [0.5, 0.6) is 0 Å². The van der Waals surface area contributed by atoms with E-state index in [2.05, 4.69) is 65.2 Å². The van der Waals surface area contributed by atoms with Gasteiger partial charge in [-0.1, -0.05) is 127 Å². The third kappa shape index (κ3) is 13.8. The van der Waals surface area contributed by atoms with E-state index in [4.69, 9.17) is 44.3 Å². The Morgan fingerprint density at radius 1 is 0.632 bits per heavy atom. The van der Waals surface area contributed by atoms with Gasteiger partial charge < -0.3 is 29.5 Å². The minimum atomic E-state index is -0.752.